The van der Waals surface area contributed by atoms with Crippen molar-refractivity contribution in [1.82, 2.24) is 5.32 Å². The summed E-state index contributed by atoms with van der Waals surface area (Å²) in [6.07, 6.45) is 5.50. The van der Waals surface area contributed by atoms with Crippen LogP contribution in [-0.4, -0.2) is 24.2 Å². The van der Waals surface area contributed by atoms with Gasteiger partial charge in [-0.25, -0.2) is 0 Å². The Balaban J connectivity index is 2.61. The number of nitrogens with one attached hydrogen (secondary N) is 1. The molecule has 1 heterocycles. The molecular formula is C9H13NO2. The van der Waals surface area contributed by atoms with E-state index < -0.39 is 0 Å². The standard InChI is InChI=1S/C9H13NO2/c1-4-5-7-8(11)12-6-9(2,3)10-7/h1,7,10H,5-6H2,2-3H3. The van der Waals surface area contributed by atoms with Gasteiger partial charge in [0.2, 0.25) is 0 Å². The Morgan fingerprint density at radius 2 is 2.50 bits per heavy atom. The summed E-state index contributed by atoms with van der Waals surface area (Å²) in [6, 6.07) is -0.334. The predicted molar refractivity (Wildman–Crippen MR) is 45.4 cm³/mol. The van der Waals surface area contributed by atoms with Gasteiger partial charge in [0.25, 0.3) is 0 Å². The van der Waals surface area contributed by atoms with Crippen LogP contribution in [0.5, 0.6) is 0 Å². The number of terminal acetylenes is 1. The molecule has 3 nitrogen and oxygen atoms in total. The third-order valence-corrected chi connectivity index (χ3v) is 1.75. The normalized spacial score (nSPS) is 27.4. The van der Waals surface area contributed by atoms with E-state index in [4.69, 9.17) is 11.2 Å². The zero-order chi connectivity index (χ0) is 9.19. The summed E-state index contributed by atoms with van der Waals surface area (Å²) >= 11 is 0. The molecule has 0 saturated carbocycles. The summed E-state index contributed by atoms with van der Waals surface area (Å²) in [7, 11) is 0. The number of morpholine rings is 1. The topological polar surface area (TPSA) is 38.3 Å². The molecule has 66 valence electrons. The molecule has 0 aliphatic carbocycles. The van der Waals surface area contributed by atoms with Crippen LogP contribution in [-0.2, 0) is 9.53 Å². The average molecular weight is 167 g/mol. The first-order valence-corrected chi connectivity index (χ1v) is 3.93. The number of hydrogen-bond donors (Lipinski definition) is 1. The lowest BCUT2D eigenvalue weighted by Gasteiger charge is -2.34. The van der Waals surface area contributed by atoms with Gasteiger partial charge in [-0.1, -0.05) is 0 Å². The number of rotatable bonds is 1. The van der Waals surface area contributed by atoms with Crippen molar-refractivity contribution in [2.24, 2.45) is 0 Å². The molecule has 1 fully saturated rings. The van der Waals surface area contributed by atoms with E-state index >= 15 is 0 Å². The van der Waals surface area contributed by atoms with E-state index in [0.29, 0.717) is 13.0 Å². The lowest BCUT2D eigenvalue weighted by molar-refractivity contribution is -0.154. The van der Waals surface area contributed by atoms with Gasteiger partial charge in [0.05, 0.1) is 0 Å². The molecule has 0 aromatic heterocycles. The predicted octanol–water partition coefficient (Wildman–Crippen LogP) is 0.303. The molecule has 0 bridgehead atoms. The van der Waals surface area contributed by atoms with Gasteiger partial charge in [-0.2, -0.15) is 0 Å². The Kier molecular flexibility index (Phi) is 2.39. The van der Waals surface area contributed by atoms with Crippen LogP contribution in [0.1, 0.15) is 20.3 Å². The Hall–Kier alpha value is -1.01. The van der Waals surface area contributed by atoms with Gasteiger partial charge in [-0.3, -0.25) is 10.1 Å². The van der Waals surface area contributed by atoms with E-state index in [2.05, 4.69) is 11.2 Å². The second-order valence-electron chi connectivity index (χ2n) is 3.60. The van der Waals surface area contributed by atoms with E-state index in [1.165, 1.54) is 0 Å². The summed E-state index contributed by atoms with van der Waals surface area (Å²) in [5.41, 5.74) is -0.157. The first-order chi connectivity index (χ1) is 5.55. The lowest BCUT2D eigenvalue weighted by atomic mass is 10.0. The molecule has 12 heavy (non-hydrogen) atoms. The highest BCUT2D eigenvalue weighted by Gasteiger charge is 2.33. The summed E-state index contributed by atoms with van der Waals surface area (Å²) in [5.74, 6) is 2.20. The molecule has 0 amide bonds. The fourth-order valence-electron chi connectivity index (χ4n) is 1.18. The number of esters is 1. The van der Waals surface area contributed by atoms with Crippen LogP contribution in [0.3, 0.4) is 0 Å². The average Bonchev–Trinajstić information content (AvgIpc) is 1.97. The first-order valence-electron chi connectivity index (χ1n) is 3.93. The minimum absolute atomic E-state index is 0.157. The minimum atomic E-state index is -0.334. The van der Waals surface area contributed by atoms with Crippen LogP contribution < -0.4 is 5.32 Å². The Bertz CT molecular complexity index is 227. The summed E-state index contributed by atoms with van der Waals surface area (Å²) in [4.78, 5) is 11.1. The van der Waals surface area contributed by atoms with Crippen molar-refractivity contribution in [1.29, 1.82) is 0 Å². The smallest absolute Gasteiger partial charge is 0.324 e. The van der Waals surface area contributed by atoms with Gasteiger partial charge < -0.3 is 4.74 Å². The highest BCUT2D eigenvalue weighted by molar-refractivity contribution is 5.77. The zero-order valence-corrected chi connectivity index (χ0v) is 7.39. The fraction of sp³-hybridized carbons (Fsp3) is 0.667. The van der Waals surface area contributed by atoms with Crippen molar-refractivity contribution in [2.45, 2.75) is 31.8 Å². The number of carbonyl (C=O) groups is 1. The molecule has 1 atom stereocenters. The molecule has 1 saturated heterocycles. The summed E-state index contributed by atoms with van der Waals surface area (Å²) < 4.78 is 4.96. The van der Waals surface area contributed by atoms with Crippen LogP contribution in [0.4, 0.5) is 0 Å². The second-order valence-corrected chi connectivity index (χ2v) is 3.60. The van der Waals surface area contributed by atoms with E-state index in [-0.39, 0.29) is 17.6 Å². The first kappa shape index (κ1) is 9.08. The lowest BCUT2D eigenvalue weighted by Crippen LogP contribution is -2.57. The Morgan fingerprint density at radius 1 is 1.83 bits per heavy atom. The van der Waals surface area contributed by atoms with Crippen LogP contribution in [0, 0.1) is 12.3 Å². The largest absolute Gasteiger partial charge is 0.463 e. The maximum Gasteiger partial charge on any atom is 0.324 e. The molecule has 0 aromatic rings. The second kappa shape index (κ2) is 3.16. The minimum Gasteiger partial charge on any atom is -0.463 e. The molecule has 1 rings (SSSR count). The van der Waals surface area contributed by atoms with Gasteiger partial charge in [0.1, 0.15) is 12.6 Å². The van der Waals surface area contributed by atoms with E-state index in [9.17, 15) is 4.79 Å². The maximum absolute atomic E-state index is 11.1. The van der Waals surface area contributed by atoms with Crippen molar-refractivity contribution in [2.75, 3.05) is 6.61 Å². The van der Waals surface area contributed by atoms with Crippen molar-refractivity contribution < 1.29 is 9.53 Å². The highest BCUT2D eigenvalue weighted by Crippen LogP contribution is 2.13. The number of ether oxygens (including phenoxy) is 1. The van der Waals surface area contributed by atoms with E-state index in [0.717, 1.165) is 0 Å². The molecule has 1 aliphatic heterocycles. The highest BCUT2D eigenvalue weighted by atomic mass is 16.5. The number of cyclic esters (lactones) is 1. The molecule has 3 heteroatoms. The number of hydrogen-bond acceptors (Lipinski definition) is 3. The summed E-state index contributed by atoms with van der Waals surface area (Å²) in [6.45, 7) is 4.36. The SMILES string of the molecule is C#CCC1NC(C)(C)COC1=O. The van der Waals surface area contributed by atoms with Crippen molar-refractivity contribution in [3.63, 3.8) is 0 Å². The Labute approximate surface area is 72.5 Å². The van der Waals surface area contributed by atoms with Crippen molar-refractivity contribution in [3.05, 3.63) is 0 Å². The molecule has 1 aliphatic rings. The molecule has 1 N–H and O–H groups in total. The zero-order valence-electron chi connectivity index (χ0n) is 7.39. The van der Waals surface area contributed by atoms with Gasteiger partial charge in [0, 0.05) is 12.0 Å². The third kappa shape index (κ3) is 1.99. The Morgan fingerprint density at radius 3 is 3.08 bits per heavy atom. The van der Waals surface area contributed by atoms with Crippen LogP contribution in [0.2, 0.25) is 0 Å². The van der Waals surface area contributed by atoms with Gasteiger partial charge >= 0.3 is 5.97 Å². The summed E-state index contributed by atoms with van der Waals surface area (Å²) in [5, 5.41) is 3.13. The van der Waals surface area contributed by atoms with Gasteiger partial charge in [0.15, 0.2) is 0 Å². The van der Waals surface area contributed by atoms with E-state index in [1.807, 2.05) is 13.8 Å². The monoisotopic (exact) mass is 167 g/mol. The molecule has 0 aromatic carbocycles. The molecular weight excluding hydrogens is 154 g/mol. The molecule has 0 spiro atoms. The number of carbonyl (C=O) groups excluding carboxylic acids is 1. The van der Waals surface area contributed by atoms with Crippen LogP contribution in [0.25, 0.3) is 0 Å². The molecule has 1 unspecified atom stereocenters. The van der Waals surface area contributed by atoms with Crippen LogP contribution in [0.15, 0.2) is 0 Å². The van der Waals surface area contributed by atoms with E-state index in [1.54, 1.807) is 0 Å². The maximum atomic E-state index is 11.1. The van der Waals surface area contributed by atoms with Gasteiger partial charge in [-0.05, 0) is 13.8 Å². The van der Waals surface area contributed by atoms with Crippen molar-refractivity contribution >= 4 is 5.97 Å². The van der Waals surface area contributed by atoms with Crippen molar-refractivity contribution in [3.8, 4) is 12.3 Å². The van der Waals surface area contributed by atoms with Crippen LogP contribution >= 0.6 is 0 Å². The molecule has 0 radical (unpaired) electrons. The quantitative estimate of drug-likeness (QED) is 0.451. The third-order valence-electron chi connectivity index (χ3n) is 1.75. The van der Waals surface area contributed by atoms with Gasteiger partial charge in [-0.15, -0.1) is 12.3 Å². The fourth-order valence-corrected chi connectivity index (χ4v) is 1.18.